The molecule has 4 aliphatic rings. The zero-order chi connectivity index (χ0) is 88.8. The van der Waals surface area contributed by atoms with Crippen LogP contribution in [0.5, 0.6) is 17.2 Å². The van der Waals surface area contributed by atoms with Crippen molar-refractivity contribution in [2.24, 2.45) is 52.7 Å². The number of rotatable bonds is 7. The number of amides is 6. The van der Waals surface area contributed by atoms with E-state index in [1.54, 1.807) is 27.7 Å². The molecule has 0 spiro atoms. The molecule has 7 rings (SSSR count). The number of benzene rings is 3. The topological polar surface area (TPSA) is 392 Å². The quantitative estimate of drug-likeness (QED) is 0.0696. The maximum absolute atomic E-state index is 15.1. The van der Waals surface area contributed by atoms with Gasteiger partial charge >= 0.3 is 17.9 Å². The van der Waals surface area contributed by atoms with E-state index in [4.69, 9.17) is 44.3 Å². The predicted octanol–water partition coefficient (Wildman–Crippen LogP) is 1.98. The third-order valence-electron chi connectivity index (χ3n) is 18.4. The zero-order valence-electron chi connectivity index (χ0n) is 66.1. The SMILES string of the molecule is C#CC#CC#CC#CC#CC#CC#CC#COC(=O)Cc1cc2c(O)c(c1)C(=O)NC1CC(N)C(C)CC1C(=O)Nc1cc(CC(=O)OCC#CC#CC#CC#CC#CC#CC#CC)cc(c1O)C(=O)NC1CC(N)C(C)CC1C(=O)Nc1cc(CC(=O)OC#CC#CC#CC#CC#CC#CC#CC#C)cc(c1O)C(=O)NC1CC(N)C(C)CC1C(=O)N2. The molecule has 6 amide bonds. The molecule has 6 bridgehead atoms. The van der Waals surface area contributed by atoms with Crippen LogP contribution in [0.15, 0.2) is 36.4 Å². The van der Waals surface area contributed by atoms with Crippen LogP contribution in [0.1, 0.15) is 114 Å². The van der Waals surface area contributed by atoms with Gasteiger partial charge in [0.05, 0.1) is 70.8 Å². The van der Waals surface area contributed by atoms with Crippen molar-refractivity contribution in [3.05, 3.63) is 69.8 Å². The van der Waals surface area contributed by atoms with Gasteiger partial charge in [-0.3, -0.25) is 43.2 Å². The molecule has 24 nitrogen and oxygen atoms in total. The smallest absolute Gasteiger partial charge is 0.324 e. The van der Waals surface area contributed by atoms with E-state index in [2.05, 4.69) is 293 Å². The Morgan fingerprint density at radius 2 is 0.618 bits per heavy atom. The van der Waals surface area contributed by atoms with Gasteiger partial charge in [0.2, 0.25) is 17.7 Å². The summed E-state index contributed by atoms with van der Waals surface area (Å²) in [6, 6.07) is 1.37. The van der Waals surface area contributed by atoms with Gasteiger partial charge < -0.3 is 78.6 Å². The number of hydrogen-bond acceptors (Lipinski definition) is 18. The summed E-state index contributed by atoms with van der Waals surface area (Å²) in [5.74, 6) is 85.6. The molecular weight excluding hydrogens is 1560 g/mol. The van der Waals surface area contributed by atoms with Crippen molar-refractivity contribution in [1.82, 2.24) is 16.0 Å². The van der Waals surface area contributed by atoms with E-state index in [0.717, 1.165) is 18.2 Å². The summed E-state index contributed by atoms with van der Waals surface area (Å²) in [4.78, 5) is 131. The fourth-order valence-corrected chi connectivity index (χ4v) is 12.4. The fraction of sp³-hybridized carbons (Fsp3) is 0.263. The lowest BCUT2D eigenvalue weighted by Gasteiger charge is -2.38. The Morgan fingerprint density at radius 1 is 0.366 bits per heavy atom. The molecule has 598 valence electrons. The summed E-state index contributed by atoms with van der Waals surface area (Å²) in [7, 11) is 0. The minimum Gasteiger partial charge on any atom is -0.505 e. The number of ether oxygens (including phenoxy) is 3. The summed E-state index contributed by atoms with van der Waals surface area (Å²) in [5, 5.41) is 53.2. The van der Waals surface area contributed by atoms with E-state index in [-0.39, 0.29) is 55.2 Å². The average Bonchev–Trinajstić information content (AvgIpc) is 1.10. The summed E-state index contributed by atoms with van der Waals surface area (Å²) < 4.78 is 15.6. The Kier molecular flexibility index (Phi) is 36.8. The Balaban J connectivity index is 1.31. The average molecular weight is 1620 g/mol. The van der Waals surface area contributed by atoms with Gasteiger partial charge in [0.15, 0.2) is 23.9 Å². The second kappa shape index (κ2) is 49.1. The molecule has 15 N–H and O–H groups in total. The van der Waals surface area contributed by atoms with Crippen LogP contribution in [0.3, 0.4) is 0 Å². The molecule has 3 aromatic carbocycles. The first-order valence-corrected chi connectivity index (χ1v) is 36.9. The molecular formula is C99H67N9O15. The molecule has 1 heterocycles. The molecule has 3 saturated carbocycles. The second-order valence-electron chi connectivity index (χ2n) is 26.8. The third-order valence-corrected chi connectivity index (χ3v) is 18.4. The van der Waals surface area contributed by atoms with Gasteiger partial charge in [-0.05, 0) is 276 Å². The number of hydrogen-bond donors (Lipinski definition) is 12. The fourth-order valence-electron chi connectivity index (χ4n) is 12.4. The Hall–Kier alpha value is -18.0. The lowest BCUT2D eigenvalue weighted by molar-refractivity contribution is -0.141. The number of fused-ring (bicyclic) bond motifs is 9. The van der Waals surface area contributed by atoms with Crippen LogP contribution in [0.25, 0.3) is 0 Å². The number of anilines is 3. The molecule has 1 aliphatic heterocycles. The number of terminal acetylenes is 2. The number of carbonyl (C=O) groups excluding carboxylic acids is 9. The van der Waals surface area contributed by atoms with Crippen molar-refractivity contribution in [2.45, 2.75) is 122 Å². The van der Waals surface area contributed by atoms with Crippen LogP contribution in [-0.4, -0.2) is 112 Å². The van der Waals surface area contributed by atoms with Crippen molar-refractivity contribution in [2.75, 3.05) is 22.6 Å². The van der Waals surface area contributed by atoms with E-state index < -0.39 is 202 Å². The standard InChI is InChI=1S/C99H67N9O15/c1-7-10-13-16-19-22-25-28-31-34-37-40-43-46-49-121-88(109)61-70-55-76-91(112)85(58-70)106-94(115)73-52-67(4)80(101)65-83(73)104-98(119)77-56-71(62-89(110)122-50-47-44-41-38-35-32-29-26-23-20-17-14-11-8-2)60-87(92(77)113)108-96(117)75-54-69(6)81(102)66-84(75)105-99(120)78-57-72(63-90(111)123-51-48-45-42-39-36-33-30-27-24-21-18-15-12-9-3)59-86(93(78)114)107-95(116)74-53-68(5)79(100)64-82(74)103-97(76)118/h1-2,55-60,67-69,73-75,79-84,112-114H,51-54,61-66,100-102H2,3-6H3,(H,103,118)(H,104,119)(H,105,120)(H,106,115)(H,107,116)(H,108,117). The van der Waals surface area contributed by atoms with E-state index in [0.29, 0.717) is 0 Å². The summed E-state index contributed by atoms with van der Waals surface area (Å²) >= 11 is 0. The first-order chi connectivity index (χ1) is 59.4. The maximum Gasteiger partial charge on any atom is 0.324 e. The Bertz CT molecular complexity index is 6320. The molecule has 0 radical (unpaired) electrons. The first-order valence-electron chi connectivity index (χ1n) is 36.9. The highest BCUT2D eigenvalue weighted by Gasteiger charge is 2.43. The lowest BCUT2D eigenvalue weighted by Crippen LogP contribution is -2.53. The van der Waals surface area contributed by atoms with Gasteiger partial charge in [-0.2, -0.15) is 0 Å². The minimum atomic E-state index is -1.23. The van der Waals surface area contributed by atoms with Gasteiger partial charge in [-0.15, -0.1) is 12.8 Å². The Morgan fingerprint density at radius 3 is 0.894 bits per heavy atom. The minimum absolute atomic E-state index is 0.0164. The highest BCUT2D eigenvalue weighted by Crippen LogP contribution is 2.40. The van der Waals surface area contributed by atoms with Crippen molar-refractivity contribution in [3.63, 3.8) is 0 Å². The van der Waals surface area contributed by atoms with Crippen LogP contribution < -0.4 is 49.1 Å². The molecule has 12 unspecified atom stereocenters. The number of aromatic hydroxyl groups is 3. The number of carbonyl (C=O) groups is 9. The zero-order valence-corrected chi connectivity index (χ0v) is 66.1. The van der Waals surface area contributed by atoms with E-state index in [1.807, 2.05) is 0 Å². The van der Waals surface area contributed by atoms with E-state index >= 15 is 28.8 Å². The Labute approximate surface area is 713 Å². The normalized spacial score (nSPS) is 19.2. The molecule has 24 heteroatoms. The van der Waals surface area contributed by atoms with Crippen molar-refractivity contribution in [1.29, 1.82) is 0 Å². The molecule has 3 aliphatic carbocycles. The first kappa shape index (κ1) is 92.2. The van der Waals surface area contributed by atoms with Crippen molar-refractivity contribution < 1.29 is 72.7 Å². The van der Waals surface area contributed by atoms with Gasteiger partial charge in [0.1, 0.15) is 12.2 Å². The number of phenols is 3. The number of nitrogens with two attached hydrogens (primary N) is 3. The molecule has 3 fully saturated rings. The summed E-state index contributed by atoms with van der Waals surface area (Å²) in [5.41, 5.74) is 16.9. The van der Waals surface area contributed by atoms with Gasteiger partial charge in [0, 0.05) is 119 Å². The van der Waals surface area contributed by atoms with Crippen LogP contribution in [0.4, 0.5) is 17.1 Å². The van der Waals surface area contributed by atoms with Crippen LogP contribution in [0, 0.1) is 309 Å². The largest absolute Gasteiger partial charge is 0.505 e. The van der Waals surface area contributed by atoms with E-state index in [9.17, 15) is 29.7 Å². The molecule has 123 heavy (non-hydrogen) atoms. The third kappa shape index (κ3) is 30.3. The van der Waals surface area contributed by atoms with Crippen molar-refractivity contribution >= 4 is 70.4 Å². The maximum atomic E-state index is 15.1. The van der Waals surface area contributed by atoms with Gasteiger partial charge in [0.25, 0.3) is 17.7 Å². The summed E-state index contributed by atoms with van der Waals surface area (Å²) in [6.45, 7) is 6.43. The lowest BCUT2D eigenvalue weighted by atomic mass is 9.75. The van der Waals surface area contributed by atoms with Crippen LogP contribution in [-0.2, 0) is 62.2 Å². The van der Waals surface area contributed by atoms with Crippen LogP contribution >= 0.6 is 0 Å². The molecule has 0 saturated heterocycles. The second-order valence-corrected chi connectivity index (χ2v) is 26.8. The monoisotopic (exact) mass is 1620 g/mol. The highest BCUT2D eigenvalue weighted by molar-refractivity contribution is 6.06. The van der Waals surface area contributed by atoms with Gasteiger partial charge in [-0.25, -0.2) is 0 Å². The molecule has 0 aromatic heterocycles. The molecule has 3 aromatic rings. The van der Waals surface area contributed by atoms with E-state index in [1.165, 1.54) is 18.2 Å². The number of esters is 3. The summed E-state index contributed by atoms with van der Waals surface area (Å²) in [6.07, 6.45) is 12.1. The number of nitrogens with one attached hydrogen (secondary N) is 6. The van der Waals surface area contributed by atoms with Gasteiger partial charge in [-0.1, -0.05) is 26.7 Å². The number of phenolic OH excluding ortho intramolecular Hbond substituents is 3. The van der Waals surface area contributed by atoms with Crippen LogP contribution in [0.2, 0.25) is 0 Å². The van der Waals surface area contributed by atoms with Crippen molar-refractivity contribution in [3.8, 4) is 291 Å². The predicted molar refractivity (Wildman–Crippen MR) is 454 cm³/mol. The highest BCUT2D eigenvalue weighted by atomic mass is 16.5. The molecule has 12 atom stereocenters.